The van der Waals surface area contributed by atoms with Gasteiger partial charge in [0.2, 0.25) is 5.13 Å². The molecule has 1 aromatic heterocycles. The van der Waals surface area contributed by atoms with Gasteiger partial charge >= 0.3 is 0 Å². The molecule has 0 radical (unpaired) electrons. The highest BCUT2D eigenvalue weighted by molar-refractivity contribution is 7.22. The lowest BCUT2D eigenvalue weighted by Crippen LogP contribution is -2.29. The zero-order valence-electron chi connectivity index (χ0n) is 11.8. The monoisotopic (exact) mass is 307 g/mol. The van der Waals surface area contributed by atoms with E-state index in [0.29, 0.717) is 12.5 Å². The lowest BCUT2D eigenvalue weighted by molar-refractivity contribution is 0.280. The van der Waals surface area contributed by atoms with Crippen molar-refractivity contribution in [2.75, 3.05) is 18.2 Å². The molecule has 2 aliphatic rings. The van der Waals surface area contributed by atoms with Crippen LogP contribution in [0.3, 0.4) is 0 Å². The molecule has 0 aliphatic carbocycles. The largest absolute Gasteiger partial charge is 0.492 e. The molecule has 22 heavy (non-hydrogen) atoms. The Morgan fingerprint density at radius 3 is 2.91 bits per heavy atom. The molecule has 3 heterocycles. The molecular formula is C17H13N3OS. The number of aromatic nitrogens is 1. The lowest BCUT2D eigenvalue weighted by atomic mass is 9.95. The summed E-state index contributed by atoms with van der Waals surface area (Å²) in [5.74, 6) is 1.26. The second-order valence-electron chi connectivity index (χ2n) is 5.54. The highest BCUT2D eigenvalue weighted by Gasteiger charge is 2.34. The Morgan fingerprint density at radius 1 is 1.09 bits per heavy atom. The van der Waals surface area contributed by atoms with Crippen molar-refractivity contribution in [3.63, 3.8) is 0 Å². The van der Waals surface area contributed by atoms with Crippen LogP contribution in [-0.2, 0) is 0 Å². The maximum absolute atomic E-state index is 5.86. The highest BCUT2D eigenvalue weighted by atomic mass is 32.1. The summed E-state index contributed by atoms with van der Waals surface area (Å²) in [6, 6.07) is 16.3. The Hall–Kier alpha value is -2.40. The number of anilines is 1. The van der Waals surface area contributed by atoms with E-state index in [9.17, 15) is 0 Å². The van der Waals surface area contributed by atoms with E-state index in [4.69, 9.17) is 14.8 Å². The van der Waals surface area contributed by atoms with Gasteiger partial charge in [0.05, 0.1) is 35.0 Å². The van der Waals surface area contributed by atoms with Crippen molar-refractivity contribution in [1.29, 1.82) is 0 Å². The van der Waals surface area contributed by atoms with Crippen molar-refractivity contribution in [1.82, 2.24) is 4.98 Å². The van der Waals surface area contributed by atoms with E-state index in [-0.39, 0.29) is 0 Å². The van der Waals surface area contributed by atoms with Crippen molar-refractivity contribution in [3.05, 3.63) is 54.1 Å². The first-order valence-electron chi connectivity index (χ1n) is 7.32. The highest BCUT2D eigenvalue weighted by Crippen LogP contribution is 2.36. The molecule has 5 heteroatoms. The summed E-state index contributed by atoms with van der Waals surface area (Å²) in [6.07, 6.45) is 0. The summed E-state index contributed by atoms with van der Waals surface area (Å²) in [7, 11) is 0. The minimum absolute atomic E-state index is 0.321. The first kappa shape index (κ1) is 12.2. The van der Waals surface area contributed by atoms with Crippen LogP contribution in [0.5, 0.6) is 5.75 Å². The van der Waals surface area contributed by atoms with E-state index in [1.165, 1.54) is 4.70 Å². The predicted octanol–water partition coefficient (Wildman–Crippen LogP) is 3.53. The lowest BCUT2D eigenvalue weighted by Gasteiger charge is -2.22. The number of nitrogens with zero attached hydrogens (tertiary/aromatic N) is 3. The molecule has 0 amide bonds. The van der Waals surface area contributed by atoms with Crippen LogP contribution in [0.1, 0.15) is 5.56 Å². The van der Waals surface area contributed by atoms with Crippen molar-refractivity contribution in [2.45, 2.75) is 0 Å². The van der Waals surface area contributed by atoms with Crippen molar-refractivity contribution in [3.8, 4) is 5.75 Å². The summed E-state index contributed by atoms with van der Waals surface area (Å²) in [6.45, 7) is 1.53. The molecule has 0 fully saturated rings. The molecule has 4 nitrogen and oxygen atoms in total. The number of benzene rings is 2. The maximum Gasteiger partial charge on any atom is 0.207 e. The molecule has 5 rings (SSSR count). The van der Waals surface area contributed by atoms with E-state index in [1.807, 2.05) is 41.4 Å². The van der Waals surface area contributed by atoms with E-state index >= 15 is 0 Å². The number of rotatable bonds is 1. The summed E-state index contributed by atoms with van der Waals surface area (Å²) in [5, 5.41) is 7.82. The Balaban J connectivity index is 1.57. The third kappa shape index (κ3) is 1.75. The van der Waals surface area contributed by atoms with Gasteiger partial charge in [-0.2, -0.15) is 5.10 Å². The summed E-state index contributed by atoms with van der Waals surface area (Å²) in [4.78, 5) is 4.71. The van der Waals surface area contributed by atoms with Crippen LogP contribution in [0.25, 0.3) is 10.2 Å². The second-order valence-corrected chi connectivity index (χ2v) is 6.54. The molecule has 0 spiro atoms. The molecule has 0 N–H and O–H groups in total. The Morgan fingerprint density at radius 2 is 1.95 bits per heavy atom. The number of para-hydroxylation sites is 2. The fourth-order valence-corrected chi connectivity index (χ4v) is 3.97. The average Bonchev–Trinajstić information content (AvgIpc) is 3.18. The number of fused-ring (bicyclic) bond motifs is 4. The maximum atomic E-state index is 5.86. The fraction of sp³-hybridized carbons (Fsp3) is 0.176. The molecule has 3 aromatic rings. The predicted molar refractivity (Wildman–Crippen MR) is 88.9 cm³/mol. The number of ether oxygens (including phenoxy) is 1. The molecule has 1 unspecified atom stereocenters. The van der Waals surface area contributed by atoms with Crippen LogP contribution in [-0.4, -0.2) is 23.8 Å². The van der Waals surface area contributed by atoms with Gasteiger partial charge in [-0.15, -0.1) is 0 Å². The van der Waals surface area contributed by atoms with E-state index < -0.39 is 0 Å². The molecule has 2 aromatic carbocycles. The molecular weight excluding hydrogens is 294 g/mol. The third-order valence-electron chi connectivity index (χ3n) is 4.11. The zero-order valence-corrected chi connectivity index (χ0v) is 12.6. The SMILES string of the molecule is c1ccc2c(c1)OCC1CN(c3nc4ccccc4s3)N=C21. The van der Waals surface area contributed by atoms with Gasteiger partial charge in [-0.05, 0) is 24.3 Å². The summed E-state index contributed by atoms with van der Waals surface area (Å²) >= 11 is 1.69. The quantitative estimate of drug-likeness (QED) is 0.690. The van der Waals surface area contributed by atoms with Crippen molar-refractivity contribution >= 4 is 32.4 Å². The number of thiazole rings is 1. The minimum Gasteiger partial charge on any atom is -0.492 e. The summed E-state index contributed by atoms with van der Waals surface area (Å²) in [5.41, 5.74) is 3.28. The number of hydrazone groups is 1. The Labute approximate surface area is 131 Å². The van der Waals surface area contributed by atoms with Crippen LogP contribution in [0.15, 0.2) is 53.6 Å². The Bertz CT molecular complexity index is 869. The Kier molecular flexibility index (Phi) is 2.52. The first-order valence-corrected chi connectivity index (χ1v) is 8.14. The van der Waals surface area contributed by atoms with Gasteiger partial charge in [0, 0.05) is 5.56 Å². The van der Waals surface area contributed by atoms with E-state index in [2.05, 4.69) is 12.1 Å². The van der Waals surface area contributed by atoms with Crippen molar-refractivity contribution in [2.24, 2.45) is 11.0 Å². The van der Waals surface area contributed by atoms with E-state index in [0.717, 1.165) is 34.2 Å². The van der Waals surface area contributed by atoms with Crippen LogP contribution in [0.2, 0.25) is 0 Å². The van der Waals surface area contributed by atoms with Gasteiger partial charge in [-0.25, -0.2) is 9.99 Å². The topological polar surface area (TPSA) is 37.7 Å². The second kappa shape index (κ2) is 4.55. The molecule has 2 aliphatic heterocycles. The summed E-state index contributed by atoms with van der Waals surface area (Å²) < 4.78 is 7.05. The number of hydrogen-bond donors (Lipinski definition) is 0. The van der Waals surface area contributed by atoms with Gasteiger partial charge in [-0.1, -0.05) is 35.6 Å². The smallest absolute Gasteiger partial charge is 0.207 e. The van der Waals surface area contributed by atoms with Gasteiger partial charge in [0.25, 0.3) is 0 Å². The van der Waals surface area contributed by atoms with Gasteiger partial charge < -0.3 is 4.74 Å². The van der Waals surface area contributed by atoms with E-state index in [1.54, 1.807) is 11.3 Å². The molecule has 0 saturated heterocycles. The fourth-order valence-electron chi connectivity index (χ4n) is 3.04. The van der Waals surface area contributed by atoms with Gasteiger partial charge in [-0.3, -0.25) is 0 Å². The van der Waals surface area contributed by atoms with Crippen molar-refractivity contribution < 1.29 is 4.74 Å². The molecule has 0 saturated carbocycles. The average molecular weight is 307 g/mol. The third-order valence-corrected chi connectivity index (χ3v) is 5.16. The minimum atomic E-state index is 0.321. The van der Waals surface area contributed by atoms with Crippen LogP contribution in [0.4, 0.5) is 5.13 Å². The molecule has 108 valence electrons. The molecule has 1 atom stereocenters. The standard InChI is InChI=1S/C17H13N3OS/c1-3-7-14-12(5-1)16-11(10-21-14)9-20(19-16)17-18-13-6-2-4-8-15(13)22-17/h1-8,11H,9-10H2. The van der Waals surface area contributed by atoms with Gasteiger partial charge in [0.15, 0.2) is 0 Å². The zero-order chi connectivity index (χ0) is 14.5. The van der Waals surface area contributed by atoms with Crippen LogP contribution < -0.4 is 9.75 Å². The van der Waals surface area contributed by atoms with Crippen LogP contribution in [0, 0.1) is 5.92 Å². The van der Waals surface area contributed by atoms with Gasteiger partial charge in [0.1, 0.15) is 5.75 Å². The first-order chi connectivity index (χ1) is 10.9. The van der Waals surface area contributed by atoms with Crippen LogP contribution >= 0.6 is 11.3 Å². The normalized spacial score (nSPS) is 19.5. The number of hydrogen-bond acceptors (Lipinski definition) is 5. The molecule has 0 bridgehead atoms.